The zero-order chi connectivity index (χ0) is 22.3. The highest BCUT2D eigenvalue weighted by molar-refractivity contribution is 6.35. The van der Waals surface area contributed by atoms with E-state index >= 15 is 0 Å². The van der Waals surface area contributed by atoms with Crippen LogP contribution in [0.25, 0.3) is 5.69 Å². The van der Waals surface area contributed by atoms with Crippen molar-refractivity contribution in [1.82, 2.24) is 9.99 Å². The van der Waals surface area contributed by atoms with Gasteiger partial charge in [-0.1, -0.05) is 41.4 Å². The number of nitrogens with zero attached hydrogens (tertiary/aromatic N) is 2. The molecular formula is C25H19Cl2N3O2. The summed E-state index contributed by atoms with van der Waals surface area (Å²) >= 11 is 12.1. The van der Waals surface area contributed by atoms with E-state index in [0.29, 0.717) is 28.0 Å². The number of para-hydroxylation sites is 1. The van der Waals surface area contributed by atoms with Crippen LogP contribution >= 0.6 is 23.2 Å². The number of carbonyl (C=O) groups excluding carboxylic acids is 1. The van der Waals surface area contributed by atoms with E-state index in [0.717, 1.165) is 16.8 Å². The summed E-state index contributed by atoms with van der Waals surface area (Å²) in [6.07, 6.45) is 5.36. The second-order valence-electron chi connectivity index (χ2n) is 6.90. The van der Waals surface area contributed by atoms with Crippen molar-refractivity contribution in [2.45, 2.75) is 6.61 Å². The van der Waals surface area contributed by atoms with Crippen molar-refractivity contribution in [3.05, 3.63) is 118 Å². The molecule has 1 amide bonds. The Morgan fingerprint density at radius 3 is 2.47 bits per heavy atom. The molecule has 0 saturated carbocycles. The first-order chi connectivity index (χ1) is 15.6. The standard InChI is InChI=1S/C25H19Cl2N3O2/c26-20-10-9-19(23(27)15-20)17-32-21-11-7-18(8-12-21)16-28-29-25(31)22-5-1-2-6-24(22)30-13-3-4-14-30/h1-16H,17H2,(H,29,31)/b28-16+. The fraction of sp³-hybridized carbons (Fsp3) is 0.0400. The molecule has 3 aromatic carbocycles. The Bertz CT molecular complexity index is 1240. The van der Waals surface area contributed by atoms with Gasteiger partial charge in [0, 0.05) is 28.0 Å². The topological polar surface area (TPSA) is 55.6 Å². The molecule has 4 aromatic rings. The van der Waals surface area contributed by atoms with Gasteiger partial charge in [-0.2, -0.15) is 5.10 Å². The van der Waals surface area contributed by atoms with E-state index < -0.39 is 0 Å². The lowest BCUT2D eigenvalue weighted by Crippen LogP contribution is -2.19. The van der Waals surface area contributed by atoms with Gasteiger partial charge in [-0.05, 0) is 66.2 Å². The van der Waals surface area contributed by atoms with Crippen molar-refractivity contribution < 1.29 is 9.53 Å². The quantitative estimate of drug-likeness (QED) is 0.264. The number of rotatable bonds is 7. The van der Waals surface area contributed by atoms with Crippen molar-refractivity contribution in [3.8, 4) is 11.4 Å². The molecule has 4 rings (SSSR count). The van der Waals surface area contributed by atoms with Crippen LogP contribution in [0.2, 0.25) is 10.0 Å². The molecule has 0 radical (unpaired) electrons. The smallest absolute Gasteiger partial charge is 0.273 e. The molecule has 7 heteroatoms. The number of amides is 1. The monoisotopic (exact) mass is 463 g/mol. The van der Waals surface area contributed by atoms with Crippen LogP contribution in [-0.2, 0) is 6.61 Å². The van der Waals surface area contributed by atoms with E-state index in [1.165, 1.54) is 0 Å². The number of hydrogen-bond donors (Lipinski definition) is 1. The van der Waals surface area contributed by atoms with E-state index in [-0.39, 0.29) is 5.91 Å². The number of hydrogen-bond acceptors (Lipinski definition) is 3. The molecule has 0 spiro atoms. The van der Waals surface area contributed by atoms with Crippen molar-refractivity contribution in [2.75, 3.05) is 0 Å². The number of nitrogens with one attached hydrogen (secondary N) is 1. The van der Waals surface area contributed by atoms with Gasteiger partial charge in [-0.25, -0.2) is 5.43 Å². The summed E-state index contributed by atoms with van der Waals surface area (Å²) in [7, 11) is 0. The van der Waals surface area contributed by atoms with Crippen LogP contribution in [0.1, 0.15) is 21.5 Å². The second-order valence-corrected chi connectivity index (χ2v) is 7.74. The van der Waals surface area contributed by atoms with Gasteiger partial charge in [-0.15, -0.1) is 0 Å². The summed E-state index contributed by atoms with van der Waals surface area (Å²) in [5.74, 6) is 0.406. The highest BCUT2D eigenvalue weighted by atomic mass is 35.5. The average molecular weight is 464 g/mol. The van der Waals surface area contributed by atoms with Gasteiger partial charge >= 0.3 is 0 Å². The first kappa shape index (κ1) is 21.7. The number of hydrazone groups is 1. The maximum atomic E-state index is 12.6. The lowest BCUT2D eigenvalue weighted by molar-refractivity contribution is 0.0955. The van der Waals surface area contributed by atoms with Gasteiger partial charge in [0.25, 0.3) is 5.91 Å². The minimum Gasteiger partial charge on any atom is -0.489 e. The molecule has 1 N–H and O–H groups in total. The Hall–Kier alpha value is -3.54. The van der Waals surface area contributed by atoms with Crippen LogP contribution < -0.4 is 10.2 Å². The molecule has 0 bridgehead atoms. The average Bonchev–Trinajstić information content (AvgIpc) is 3.34. The zero-order valence-electron chi connectivity index (χ0n) is 16.9. The molecule has 1 aromatic heterocycles. The maximum absolute atomic E-state index is 12.6. The molecule has 0 unspecified atom stereocenters. The molecule has 0 aliphatic carbocycles. The Kier molecular flexibility index (Phi) is 6.90. The fourth-order valence-electron chi connectivity index (χ4n) is 3.06. The first-order valence-corrected chi connectivity index (χ1v) is 10.6. The number of ether oxygens (including phenoxy) is 1. The summed E-state index contributed by atoms with van der Waals surface area (Å²) in [5.41, 5.74) is 5.57. The van der Waals surface area contributed by atoms with E-state index in [1.807, 2.05) is 77.6 Å². The van der Waals surface area contributed by atoms with Crippen LogP contribution in [0, 0.1) is 0 Å². The van der Waals surface area contributed by atoms with Crippen LogP contribution in [0.5, 0.6) is 5.75 Å². The molecule has 5 nitrogen and oxygen atoms in total. The highest BCUT2D eigenvalue weighted by Crippen LogP contribution is 2.23. The lowest BCUT2D eigenvalue weighted by atomic mass is 10.1. The van der Waals surface area contributed by atoms with Crippen molar-refractivity contribution in [1.29, 1.82) is 0 Å². The number of halogens is 2. The summed E-state index contributed by atoms with van der Waals surface area (Å²) in [6, 6.07) is 23.8. The SMILES string of the molecule is O=C(N/N=C/c1ccc(OCc2ccc(Cl)cc2Cl)cc1)c1ccccc1-n1cccc1. The lowest BCUT2D eigenvalue weighted by Gasteiger charge is -2.09. The van der Waals surface area contributed by atoms with Gasteiger partial charge in [0.1, 0.15) is 12.4 Å². The van der Waals surface area contributed by atoms with Crippen molar-refractivity contribution in [2.24, 2.45) is 5.10 Å². The van der Waals surface area contributed by atoms with Crippen LogP contribution in [-0.4, -0.2) is 16.7 Å². The summed E-state index contributed by atoms with van der Waals surface area (Å²) in [4.78, 5) is 12.6. The minimum absolute atomic E-state index is 0.287. The highest BCUT2D eigenvalue weighted by Gasteiger charge is 2.11. The largest absolute Gasteiger partial charge is 0.489 e. The maximum Gasteiger partial charge on any atom is 0.273 e. The predicted octanol–water partition coefficient (Wildman–Crippen LogP) is 6.13. The second kappa shape index (κ2) is 10.2. The summed E-state index contributed by atoms with van der Waals surface area (Å²) in [6.45, 7) is 0.334. The van der Waals surface area contributed by atoms with Gasteiger partial charge in [0.15, 0.2) is 0 Å². The molecule has 0 aliphatic heterocycles. The third-order valence-electron chi connectivity index (χ3n) is 4.70. The van der Waals surface area contributed by atoms with E-state index in [9.17, 15) is 4.79 Å². The molecule has 0 fully saturated rings. The molecule has 0 atom stereocenters. The molecular weight excluding hydrogens is 445 g/mol. The zero-order valence-corrected chi connectivity index (χ0v) is 18.4. The Morgan fingerprint density at radius 2 is 1.72 bits per heavy atom. The number of benzene rings is 3. The van der Waals surface area contributed by atoms with Crippen LogP contribution in [0.15, 0.2) is 96.4 Å². The van der Waals surface area contributed by atoms with Crippen molar-refractivity contribution in [3.63, 3.8) is 0 Å². The Labute approximate surface area is 195 Å². The van der Waals surface area contributed by atoms with Gasteiger partial charge in [0.2, 0.25) is 0 Å². The third-order valence-corrected chi connectivity index (χ3v) is 5.29. The Morgan fingerprint density at radius 1 is 0.969 bits per heavy atom. The number of carbonyl (C=O) groups is 1. The van der Waals surface area contributed by atoms with Gasteiger partial charge in [-0.3, -0.25) is 4.79 Å². The minimum atomic E-state index is -0.287. The predicted molar refractivity (Wildman–Crippen MR) is 128 cm³/mol. The molecule has 0 saturated heterocycles. The van der Waals surface area contributed by atoms with E-state index in [1.54, 1.807) is 24.4 Å². The van der Waals surface area contributed by atoms with Gasteiger partial charge < -0.3 is 9.30 Å². The molecule has 32 heavy (non-hydrogen) atoms. The summed E-state index contributed by atoms with van der Waals surface area (Å²) in [5, 5.41) is 5.23. The summed E-state index contributed by atoms with van der Waals surface area (Å²) < 4.78 is 7.66. The molecule has 160 valence electrons. The van der Waals surface area contributed by atoms with Crippen LogP contribution in [0.4, 0.5) is 0 Å². The normalized spacial score (nSPS) is 10.9. The van der Waals surface area contributed by atoms with E-state index in [2.05, 4.69) is 10.5 Å². The van der Waals surface area contributed by atoms with Crippen molar-refractivity contribution >= 4 is 35.3 Å². The molecule has 1 heterocycles. The van der Waals surface area contributed by atoms with Crippen LogP contribution in [0.3, 0.4) is 0 Å². The van der Waals surface area contributed by atoms with E-state index in [4.69, 9.17) is 27.9 Å². The first-order valence-electron chi connectivity index (χ1n) is 9.83. The third kappa shape index (κ3) is 5.38. The molecule has 0 aliphatic rings. The fourth-order valence-corrected chi connectivity index (χ4v) is 3.52. The Balaban J connectivity index is 1.35. The van der Waals surface area contributed by atoms with Gasteiger partial charge in [0.05, 0.1) is 17.5 Å². The number of aromatic nitrogens is 1.